The first-order valence-corrected chi connectivity index (χ1v) is 6.58. The molecule has 0 atom stereocenters. The second kappa shape index (κ2) is 5.57. The maximum atomic E-state index is 12.6. The molecule has 1 aromatic carbocycles. The van der Waals surface area contributed by atoms with E-state index in [4.69, 9.17) is 11.6 Å². The van der Waals surface area contributed by atoms with Crippen LogP contribution in [-0.4, -0.2) is 9.97 Å². The summed E-state index contributed by atoms with van der Waals surface area (Å²) in [6.07, 6.45) is -4.65. The maximum Gasteiger partial charge on any atom is 0.451 e. The first kappa shape index (κ1) is 15.1. The van der Waals surface area contributed by atoms with E-state index in [9.17, 15) is 13.2 Å². The summed E-state index contributed by atoms with van der Waals surface area (Å²) in [5.41, 5.74) is 1.54. The first-order chi connectivity index (χ1) is 9.25. The van der Waals surface area contributed by atoms with Crippen LogP contribution in [0.2, 0.25) is 5.15 Å². The molecule has 0 bridgehead atoms. The number of benzene rings is 1. The Morgan fingerprint density at radius 3 is 2.55 bits per heavy atom. The number of aromatic nitrogens is 2. The minimum Gasteiger partial charge on any atom is -0.339 e. The van der Waals surface area contributed by atoms with E-state index in [-0.39, 0.29) is 11.0 Å². The normalized spacial score (nSPS) is 11.5. The van der Waals surface area contributed by atoms with Gasteiger partial charge in [0.15, 0.2) is 0 Å². The molecule has 0 radical (unpaired) electrons. The third-order valence-corrected chi connectivity index (χ3v) is 3.22. The van der Waals surface area contributed by atoms with Crippen molar-refractivity contribution in [3.05, 3.63) is 45.3 Å². The van der Waals surface area contributed by atoms with Gasteiger partial charge in [0.2, 0.25) is 5.82 Å². The summed E-state index contributed by atoms with van der Waals surface area (Å²) in [6.45, 7) is 1.87. The Bertz CT molecular complexity index is 646. The van der Waals surface area contributed by atoms with Gasteiger partial charge in [-0.1, -0.05) is 17.7 Å². The molecule has 2 aromatic rings. The Balaban J connectivity index is 2.39. The van der Waals surface area contributed by atoms with E-state index in [1.54, 1.807) is 12.1 Å². The lowest BCUT2D eigenvalue weighted by atomic mass is 10.2. The highest BCUT2D eigenvalue weighted by Gasteiger charge is 2.35. The predicted molar refractivity (Wildman–Crippen MR) is 74.2 cm³/mol. The summed E-state index contributed by atoms with van der Waals surface area (Å²) in [6, 6.07) is 6.65. The van der Waals surface area contributed by atoms with Crippen LogP contribution in [0, 0.1) is 6.92 Å². The van der Waals surface area contributed by atoms with Gasteiger partial charge in [0.05, 0.1) is 5.69 Å². The zero-order valence-electron chi connectivity index (χ0n) is 10.1. The highest BCUT2D eigenvalue weighted by molar-refractivity contribution is 9.10. The van der Waals surface area contributed by atoms with Gasteiger partial charge in [0.25, 0.3) is 0 Å². The van der Waals surface area contributed by atoms with Gasteiger partial charge in [-0.25, -0.2) is 9.97 Å². The Hall–Kier alpha value is -1.34. The molecule has 0 spiro atoms. The number of hydrogen-bond donors (Lipinski definition) is 1. The number of rotatable bonds is 2. The molecule has 1 heterocycles. The van der Waals surface area contributed by atoms with Crippen LogP contribution in [0.5, 0.6) is 0 Å². The van der Waals surface area contributed by atoms with Crippen LogP contribution in [0.3, 0.4) is 0 Å². The summed E-state index contributed by atoms with van der Waals surface area (Å²) in [7, 11) is 0. The average molecular weight is 367 g/mol. The average Bonchev–Trinajstić information content (AvgIpc) is 2.32. The molecule has 20 heavy (non-hydrogen) atoms. The Kier molecular flexibility index (Phi) is 4.19. The molecule has 0 unspecified atom stereocenters. The molecular formula is C12H8BrClF3N3. The molecule has 1 aromatic heterocycles. The largest absolute Gasteiger partial charge is 0.451 e. The van der Waals surface area contributed by atoms with Crippen molar-refractivity contribution in [3.8, 4) is 0 Å². The summed E-state index contributed by atoms with van der Waals surface area (Å²) >= 11 is 8.89. The minimum atomic E-state index is -4.65. The van der Waals surface area contributed by atoms with E-state index in [0.29, 0.717) is 10.2 Å². The van der Waals surface area contributed by atoms with Crippen LogP contribution in [-0.2, 0) is 6.18 Å². The van der Waals surface area contributed by atoms with Crippen LogP contribution in [0.4, 0.5) is 24.7 Å². The SMILES string of the molecule is Cc1ccc(Br)c(Nc2cc(Cl)nc(C(F)(F)F)n2)c1. The fourth-order valence-electron chi connectivity index (χ4n) is 1.48. The van der Waals surface area contributed by atoms with Gasteiger partial charge in [-0.05, 0) is 40.5 Å². The maximum absolute atomic E-state index is 12.6. The van der Waals surface area contributed by atoms with E-state index in [1.165, 1.54) is 6.07 Å². The highest BCUT2D eigenvalue weighted by atomic mass is 79.9. The molecule has 3 nitrogen and oxygen atoms in total. The second-order valence-electron chi connectivity index (χ2n) is 4.01. The molecule has 0 saturated carbocycles. The summed E-state index contributed by atoms with van der Waals surface area (Å²) in [5, 5.41) is 2.50. The quantitative estimate of drug-likeness (QED) is 0.763. The lowest BCUT2D eigenvalue weighted by molar-refractivity contribution is -0.144. The van der Waals surface area contributed by atoms with Gasteiger partial charge in [0, 0.05) is 10.5 Å². The van der Waals surface area contributed by atoms with Gasteiger partial charge in [-0.3, -0.25) is 0 Å². The lowest BCUT2D eigenvalue weighted by Gasteiger charge is -2.11. The third-order valence-electron chi connectivity index (χ3n) is 2.33. The number of nitrogens with zero attached hydrogens (tertiary/aromatic N) is 2. The van der Waals surface area contributed by atoms with Crippen molar-refractivity contribution in [1.82, 2.24) is 9.97 Å². The molecule has 0 aliphatic rings. The zero-order valence-corrected chi connectivity index (χ0v) is 12.4. The molecule has 0 aliphatic heterocycles. The molecule has 0 amide bonds. The van der Waals surface area contributed by atoms with Gasteiger partial charge in [-0.15, -0.1) is 0 Å². The smallest absolute Gasteiger partial charge is 0.339 e. The van der Waals surface area contributed by atoms with Crippen molar-refractivity contribution in [3.63, 3.8) is 0 Å². The van der Waals surface area contributed by atoms with Gasteiger partial charge in [-0.2, -0.15) is 13.2 Å². The number of halogens is 5. The third kappa shape index (κ3) is 3.61. The number of nitrogens with one attached hydrogen (secondary N) is 1. The summed E-state index contributed by atoms with van der Waals surface area (Å²) < 4.78 is 38.5. The van der Waals surface area contributed by atoms with Crippen LogP contribution < -0.4 is 5.32 Å². The molecule has 2 rings (SSSR count). The standard InChI is InChI=1S/C12H8BrClF3N3/c1-6-2-3-7(13)8(4-6)18-10-5-9(14)19-11(20-10)12(15,16)17/h2-5H,1H3,(H,18,19,20). The fraction of sp³-hybridized carbons (Fsp3) is 0.167. The molecular weight excluding hydrogens is 359 g/mol. The summed E-state index contributed by atoms with van der Waals surface area (Å²) in [4.78, 5) is 6.58. The molecule has 106 valence electrons. The zero-order chi connectivity index (χ0) is 14.9. The molecule has 0 fully saturated rings. The van der Waals surface area contributed by atoms with Crippen LogP contribution in [0.1, 0.15) is 11.4 Å². The molecule has 0 saturated heterocycles. The van der Waals surface area contributed by atoms with Crippen molar-refractivity contribution in [2.24, 2.45) is 0 Å². The van der Waals surface area contributed by atoms with E-state index >= 15 is 0 Å². The first-order valence-electron chi connectivity index (χ1n) is 5.40. The van der Waals surface area contributed by atoms with Gasteiger partial charge in [0.1, 0.15) is 11.0 Å². The number of hydrogen-bond acceptors (Lipinski definition) is 3. The van der Waals surface area contributed by atoms with Gasteiger partial charge < -0.3 is 5.32 Å². The van der Waals surface area contributed by atoms with E-state index in [0.717, 1.165) is 5.56 Å². The van der Waals surface area contributed by atoms with Crippen molar-refractivity contribution >= 4 is 39.0 Å². The Labute approximate surface area is 126 Å². The molecule has 0 aliphatic carbocycles. The Morgan fingerprint density at radius 1 is 1.20 bits per heavy atom. The highest BCUT2D eigenvalue weighted by Crippen LogP contribution is 2.30. The second-order valence-corrected chi connectivity index (χ2v) is 5.25. The van der Waals surface area contributed by atoms with E-state index in [2.05, 4.69) is 31.2 Å². The van der Waals surface area contributed by atoms with Crippen LogP contribution in [0.25, 0.3) is 0 Å². The van der Waals surface area contributed by atoms with Crippen LogP contribution >= 0.6 is 27.5 Å². The van der Waals surface area contributed by atoms with E-state index in [1.807, 2.05) is 13.0 Å². The number of aryl methyl sites for hydroxylation is 1. The van der Waals surface area contributed by atoms with E-state index < -0.39 is 12.0 Å². The fourth-order valence-corrected chi connectivity index (χ4v) is 2.01. The molecule has 1 N–H and O–H groups in total. The number of anilines is 2. The minimum absolute atomic E-state index is 0.0244. The van der Waals surface area contributed by atoms with Crippen LogP contribution in [0.15, 0.2) is 28.7 Å². The van der Waals surface area contributed by atoms with Crippen molar-refractivity contribution in [2.75, 3.05) is 5.32 Å². The Morgan fingerprint density at radius 2 is 1.90 bits per heavy atom. The lowest BCUT2D eigenvalue weighted by Crippen LogP contribution is -2.12. The van der Waals surface area contributed by atoms with Gasteiger partial charge >= 0.3 is 6.18 Å². The predicted octanol–water partition coefficient (Wildman–Crippen LogP) is 4.96. The van der Waals surface area contributed by atoms with Crippen molar-refractivity contribution in [2.45, 2.75) is 13.1 Å². The molecule has 8 heteroatoms. The van der Waals surface area contributed by atoms with Crippen molar-refractivity contribution in [1.29, 1.82) is 0 Å². The summed E-state index contributed by atoms with van der Waals surface area (Å²) in [5.74, 6) is -1.31. The monoisotopic (exact) mass is 365 g/mol. The van der Waals surface area contributed by atoms with Crippen molar-refractivity contribution < 1.29 is 13.2 Å². The topological polar surface area (TPSA) is 37.8 Å². The number of alkyl halides is 3.